The maximum atomic E-state index is 13.2. The summed E-state index contributed by atoms with van der Waals surface area (Å²) in [5.41, 5.74) is 8.71. The third kappa shape index (κ3) is 1.86. The second kappa shape index (κ2) is 3.85. The van der Waals surface area contributed by atoms with Crippen LogP contribution >= 0.6 is 0 Å². The van der Waals surface area contributed by atoms with Crippen molar-refractivity contribution in [1.82, 2.24) is 0 Å². The minimum Gasteiger partial charge on any atom is -0.327 e. The van der Waals surface area contributed by atoms with Gasteiger partial charge in [0.1, 0.15) is 5.82 Å². The Balaban J connectivity index is 1.92. The molecular weight excluding hydrogens is 201 g/mol. The second-order valence-corrected chi connectivity index (χ2v) is 5.33. The van der Waals surface area contributed by atoms with Gasteiger partial charge in [0.25, 0.3) is 0 Å². The van der Waals surface area contributed by atoms with Crippen molar-refractivity contribution in [2.75, 3.05) is 0 Å². The summed E-state index contributed by atoms with van der Waals surface area (Å²) >= 11 is 0. The van der Waals surface area contributed by atoms with Gasteiger partial charge in [-0.25, -0.2) is 4.39 Å². The van der Waals surface area contributed by atoms with Crippen molar-refractivity contribution >= 4 is 0 Å². The molecule has 2 unspecified atom stereocenters. The van der Waals surface area contributed by atoms with E-state index in [0.717, 1.165) is 18.8 Å². The fourth-order valence-electron chi connectivity index (χ4n) is 2.92. The average molecular weight is 219 g/mol. The second-order valence-electron chi connectivity index (χ2n) is 5.33. The summed E-state index contributed by atoms with van der Waals surface area (Å²) in [6.07, 6.45) is 5.88. The van der Waals surface area contributed by atoms with Crippen LogP contribution in [-0.2, 0) is 6.42 Å². The molecule has 0 aromatic heterocycles. The van der Waals surface area contributed by atoms with Gasteiger partial charge in [0.05, 0.1) is 0 Å². The van der Waals surface area contributed by atoms with Crippen LogP contribution in [0.15, 0.2) is 18.2 Å². The first-order chi connectivity index (χ1) is 7.74. The van der Waals surface area contributed by atoms with E-state index in [0.29, 0.717) is 5.92 Å². The summed E-state index contributed by atoms with van der Waals surface area (Å²) in [5, 5.41) is 0. The van der Waals surface area contributed by atoms with E-state index in [1.165, 1.54) is 30.4 Å². The third-order valence-electron chi connectivity index (χ3n) is 4.05. The number of benzene rings is 1. The lowest BCUT2D eigenvalue weighted by atomic mass is 9.77. The van der Waals surface area contributed by atoms with Crippen LogP contribution in [-0.4, -0.2) is 6.04 Å². The smallest absolute Gasteiger partial charge is 0.123 e. The Morgan fingerprint density at radius 2 is 2.06 bits per heavy atom. The molecule has 3 rings (SSSR count). The number of nitrogens with two attached hydrogens (primary N) is 1. The highest BCUT2D eigenvalue weighted by Gasteiger charge is 2.32. The van der Waals surface area contributed by atoms with E-state index in [9.17, 15) is 4.39 Å². The van der Waals surface area contributed by atoms with Gasteiger partial charge in [0, 0.05) is 6.04 Å². The molecule has 16 heavy (non-hydrogen) atoms. The zero-order valence-corrected chi connectivity index (χ0v) is 9.45. The quantitative estimate of drug-likeness (QED) is 0.813. The summed E-state index contributed by atoms with van der Waals surface area (Å²) < 4.78 is 13.2. The predicted octanol–water partition coefficient (Wildman–Crippen LogP) is 2.98. The van der Waals surface area contributed by atoms with Crippen LogP contribution in [0.3, 0.4) is 0 Å². The molecule has 2 N–H and O–H groups in total. The van der Waals surface area contributed by atoms with Gasteiger partial charge in [-0.1, -0.05) is 18.9 Å². The highest BCUT2D eigenvalue weighted by molar-refractivity contribution is 5.35. The van der Waals surface area contributed by atoms with Crippen LogP contribution in [0.1, 0.15) is 42.7 Å². The van der Waals surface area contributed by atoms with E-state index in [1.54, 1.807) is 12.1 Å². The van der Waals surface area contributed by atoms with Crippen molar-refractivity contribution in [1.29, 1.82) is 0 Å². The van der Waals surface area contributed by atoms with Crippen LogP contribution in [0.2, 0.25) is 0 Å². The minimum atomic E-state index is -0.112. The van der Waals surface area contributed by atoms with Gasteiger partial charge in [-0.3, -0.25) is 0 Å². The summed E-state index contributed by atoms with van der Waals surface area (Å²) in [6, 6.07) is 5.51. The van der Waals surface area contributed by atoms with Crippen molar-refractivity contribution < 1.29 is 4.39 Å². The van der Waals surface area contributed by atoms with Gasteiger partial charge in [0.15, 0.2) is 0 Å². The molecule has 2 aliphatic rings. The lowest BCUT2D eigenvalue weighted by Crippen LogP contribution is -2.33. The maximum Gasteiger partial charge on any atom is 0.123 e. The average Bonchev–Trinajstić information content (AvgIpc) is 3.06. The Hall–Kier alpha value is -0.890. The monoisotopic (exact) mass is 219 g/mol. The standard InChI is InChI=1S/C14H18FN/c15-11-4-5-12-10(8-11)3-6-14(16)13(12)7-9-1-2-9/h4-5,8-9,13-14H,1-3,6-7,16H2. The van der Waals surface area contributed by atoms with E-state index >= 15 is 0 Å². The van der Waals surface area contributed by atoms with Crippen LogP contribution in [0.5, 0.6) is 0 Å². The van der Waals surface area contributed by atoms with Gasteiger partial charge in [0.2, 0.25) is 0 Å². The minimum absolute atomic E-state index is 0.112. The van der Waals surface area contributed by atoms with Crippen LogP contribution in [0.4, 0.5) is 4.39 Å². The molecule has 0 aliphatic heterocycles. The Morgan fingerprint density at radius 3 is 2.81 bits per heavy atom. The molecule has 1 saturated carbocycles. The Bertz CT molecular complexity index is 398. The van der Waals surface area contributed by atoms with Crippen LogP contribution in [0, 0.1) is 11.7 Å². The molecule has 1 nitrogen and oxygen atoms in total. The molecule has 2 atom stereocenters. The Morgan fingerprint density at radius 1 is 1.25 bits per heavy atom. The first-order valence-electron chi connectivity index (χ1n) is 6.28. The molecule has 0 spiro atoms. The highest BCUT2D eigenvalue weighted by atomic mass is 19.1. The molecule has 1 aromatic carbocycles. The topological polar surface area (TPSA) is 26.0 Å². The number of hydrogen-bond donors (Lipinski definition) is 1. The molecule has 2 aliphatic carbocycles. The van der Waals surface area contributed by atoms with E-state index in [1.807, 2.05) is 6.07 Å². The lowest BCUT2D eigenvalue weighted by Gasteiger charge is -2.31. The fourth-order valence-corrected chi connectivity index (χ4v) is 2.92. The fraction of sp³-hybridized carbons (Fsp3) is 0.571. The Labute approximate surface area is 95.8 Å². The largest absolute Gasteiger partial charge is 0.327 e. The highest BCUT2D eigenvalue weighted by Crippen LogP contribution is 2.43. The van der Waals surface area contributed by atoms with Crippen molar-refractivity contribution in [3.8, 4) is 0 Å². The zero-order chi connectivity index (χ0) is 11.1. The Kier molecular flexibility index (Phi) is 2.47. The van der Waals surface area contributed by atoms with Gasteiger partial charge >= 0.3 is 0 Å². The van der Waals surface area contributed by atoms with E-state index in [4.69, 9.17) is 5.73 Å². The van der Waals surface area contributed by atoms with E-state index in [-0.39, 0.29) is 11.9 Å². The zero-order valence-electron chi connectivity index (χ0n) is 9.45. The molecular formula is C14H18FN. The molecule has 1 fully saturated rings. The number of aryl methyl sites for hydroxylation is 1. The number of rotatable bonds is 2. The van der Waals surface area contributed by atoms with E-state index < -0.39 is 0 Å². The van der Waals surface area contributed by atoms with Gasteiger partial charge in [-0.2, -0.15) is 0 Å². The molecule has 2 heteroatoms. The molecule has 1 aromatic rings. The number of halogens is 1. The molecule has 0 saturated heterocycles. The lowest BCUT2D eigenvalue weighted by molar-refractivity contribution is 0.427. The normalized spacial score (nSPS) is 28.9. The summed E-state index contributed by atoms with van der Waals surface area (Å²) in [7, 11) is 0. The van der Waals surface area contributed by atoms with Gasteiger partial charge in [-0.15, -0.1) is 0 Å². The van der Waals surface area contributed by atoms with Crippen molar-refractivity contribution in [2.24, 2.45) is 11.7 Å². The summed E-state index contributed by atoms with van der Waals surface area (Å²) in [5.74, 6) is 1.24. The molecule has 0 radical (unpaired) electrons. The molecule has 0 amide bonds. The van der Waals surface area contributed by atoms with Crippen LogP contribution in [0.25, 0.3) is 0 Å². The SMILES string of the molecule is NC1CCc2cc(F)ccc2C1CC1CC1. The molecule has 0 bridgehead atoms. The van der Waals surface area contributed by atoms with Crippen molar-refractivity contribution in [2.45, 2.75) is 44.1 Å². The van der Waals surface area contributed by atoms with Crippen LogP contribution < -0.4 is 5.73 Å². The number of hydrogen-bond acceptors (Lipinski definition) is 1. The number of fused-ring (bicyclic) bond motifs is 1. The van der Waals surface area contributed by atoms with Gasteiger partial charge < -0.3 is 5.73 Å². The van der Waals surface area contributed by atoms with Gasteiger partial charge in [-0.05, 0) is 54.4 Å². The first-order valence-corrected chi connectivity index (χ1v) is 6.28. The maximum absolute atomic E-state index is 13.2. The van der Waals surface area contributed by atoms with Crippen molar-refractivity contribution in [3.63, 3.8) is 0 Å². The first kappa shape index (κ1) is 10.3. The molecule has 0 heterocycles. The molecule has 86 valence electrons. The predicted molar refractivity (Wildman–Crippen MR) is 62.8 cm³/mol. The van der Waals surface area contributed by atoms with Crippen molar-refractivity contribution in [3.05, 3.63) is 35.1 Å². The summed E-state index contributed by atoms with van der Waals surface area (Å²) in [4.78, 5) is 0. The third-order valence-corrected chi connectivity index (χ3v) is 4.05. The van der Waals surface area contributed by atoms with E-state index in [2.05, 4.69) is 0 Å². The summed E-state index contributed by atoms with van der Waals surface area (Å²) in [6.45, 7) is 0.